The summed E-state index contributed by atoms with van der Waals surface area (Å²) < 4.78 is 34.7. The molecule has 0 radical (unpaired) electrons. The first kappa shape index (κ1) is 27.1. The lowest BCUT2D eigenvalue weighted by Crippen LogP contribution is -2.41. The number of fused-ring (bicyclic) bond motifs is 1. The maximum absolute atomic E-state index is 14.0. The Morgan fingerprint density at radius 2 is 1.98 bits per heavy atom. The Balaban J connectivity index is 1.48. The number of anilines is 1. The van der Waals surface area contributed by atoms with Crippen molar-refractivity contribution in [2.45, 2.75) is 20.4 Å². The standard InChI is InChI=1S/C29H24F2N8O2/c1-17(2)13-19(14-32)29(40)38-12-4-11-34-23(38)15-39-28-24(27(33)35-16-36-28)26(37-39)18-7-9-20(10-8-18)41-22-6-3-5-21(30)25(22)31/h3-11,13,16-17H,12,15H2,1-2H3,(H2,33,35,36). The van der Waals surface area contributed by atoms with Crippen LogP contribution in [0.1, 0.15) is 13.8 Å². The third-order valence-electron chi connectivity index (χ3n) is 6.15. The number of nitrogens with two attached hydrogens (primary N) is 1. The van der Waals surface area contributed by atoms with Crippen LogP contribution in [-0.2, 0) is 11.3 Å². The minimum Gasteiger partial charge on any atom is -0.454 e. The molecule has 4 aromatic rings. The van der Waals surface area contributed by atoms with Crippen LogP contribution in [0.3, 0.4) is 0 Å². The van der Waals surface area contributed by atoms with Gasteiger partial charge in [0.2, 0.25) is 5.82 Å². The first-order chi connectivity index (χ1) is 19.8. The van der Waals surface area contributed by atoms with Crippen LogP contribution in [-0.4, -0.2) is 42.9 Å². The normalized spacial score (nSPS) is 13.4. The number of nitrogen functional groups attached to an aromatic ring is 1. The Labute approximate surface area is 233 Å². The van der Waals surface area contributed by atoms with E-state index >= 15 is 0 Å². The summed E-state index contributed by atoms with van der Waals surface area (Å²) in [5.74, 6) is -1.93. The van der Waals surface area contributed by atoms with Gasteiger partial charge < -0.3 is 10.5 Å². The number of amidine groups is 1. The number of allylic oxidation sites excluding steroid dienone is 1. The monoisotopic (exact) mass is 554 g/mol. The van der Waals surface area contributed by atoms with E-state index in [2.05, 4.69) is 15.0 Å². The lowest BCUT2D eigenvalue weighted by Gasteiger charge is -2.24. The molecular weight excluding hydrogens is 530 g/mol. The number of aliphatic imine (C=N–C) groups is 1. The number of amides is 1. The van der Waals surface area contributed by atoms with Gasteiger partial charge in [-0.15, -0.1) is 0 Å². The highest BCUT2D eigenvalue weighted by Gasteiger charge is 2.26. The van der Waals surface area contributed by atoms with E-state index in [0.29, 0.717) is 28.1 Å². The molecule has 0 bridgehead atoms. The summed E-state index contributed by atoms with van der Waals surface area (Å²) in [5.41, 5.74) is 7.76. The van der Waals surface area contributed by atoms with E-state index in [-0.39, 0.29) is 41.9 Å². The van der Waals surface area contributed by atoms with Crippen molar-refractivity contribution in [2.24, 2.45) is 10.9 Å². The topological polar surface area (TPSA) is 135 Å². The van der Waals surface area contributed by atoms with Gasteiger partial charge in [-0.25, -0.2) is 24.0 Å². The van der Waals surface area contributed by atoms with Crippen LogP contribution in [0, 0.1) is 28.9 Å². The van der Waals surface area contributed by atoms with Crippen LogP contribution in [0.15, 0.2) is 77.7 Å². The molecule has 10 nitrogen and oxygen atoms in total. The van der Waals surface area contributed by atoms with E-state index < -0.39 is 17.5 Å². The lowest BCUT2D eigenvalue weighted by molar-refractivity contribution is -0.122. The molecule has 12 heteroatoms. The summed E-state index contributed by atoms with van der Waals surface area (Å²) in [6.07, 6.45) is 6.24. The molecule has 206 valence electrons. The second-order valence-corrected chi connectivity index (χ2v) is 9.42. The summed E-state index contributed by atoms with van der Waals surface area (Å²) >= 11 is 0. The molecule has 0 fully saturated rings. The second kappa shape index (κ2) is 11.4. The number of nitrogens with zero attached hydrogens (tertiary/aromatic N) is 7. The molecule has 0 atom stereocenters. The predicted octanol–water partition coefficient (Wildman–Crippen LogP) is 5.01. The fourth-order valence-corrected chi connectivity index (χ4v) is 4.28. The number of hydrogen-bond acceptors (Lipinski definition) is 8. The van der Waals surface area contributed by atoms with Crippen LogP contribution in [0.5, 0.6) is 11.5 Å². The summed E-state index contributed by atoms with van der Waals surface area (Å²) in [5, 5.41) is 14.8. The molecule has 2 aromatic heterocycles. The van der Waals surface area contributed by atoms with Crippen LogP contribution in [0.2, 0.25) is 0 Å². The Kier molecular flexibility index (Phi) is 7.51. The SMILES string of the molecule is CC(C)C=C(C#N)C(=O)N1CC=CN=C1Cn1nc(-c2ccc(Oc3cccc(F)c3F)cc2)c2c(N)ncnc21. The molecule has 0 saturated carbocycles. The molecule has 3 heterocycles. The van der Waals surface area contributed by atoms with Gasteiger partial charge in [0.15, 0.2) is 17.2 Å². The van der Waals surface area contributed by atoms with Gasteiger partial charge in [-0.05, 0) is 48.4 Å². The van der Waals surface area contributed by atoms with Gasteiger partial charge in [0.1, 0.15) is 47.6 Å². The summed E-state index contributed by atoms with van der Waals surface area (Å²) in [6, 6.07) is 12.2. The number of carbonyl (C=O) groups excluding carboxylic acids is 1. The van der Waals surface area contributed by atoms with E-state index in [1.54, 1.807) is 47.3 Å². The fraction of sp³-hybridized carbons (Fsp3) is 0.172. The highest BCUT2D eigenvalue weighted by Crippen LogP contribution is 2.33. The highest BCUT2D eigenvalue weighted by molar-refractivity contribution is 6.09. The van der Waals surface area contributed by atoms with E-state index in [0.717, 1.165) is 6.07 Å². The molecule has 0 aliphatic carbocycles. The van der Waals surface area contributed by atoms with Gasteiger partial charge in [0.25, 0.3) is 5.91 Å². The predicted molar refractivity (Wildman–Crippen MR) is 148 cm³/mol. The molecule has 2 N–H and O–H groups in total. The Bertz CT molecular complexity index is 1770. The minimum absolute atomic E-state index is 0.0104. The van der Waals surface area contributed by atoms with Crippen LogP contribution in [0.4, 0.5) is 14.6 Å². The van der Waals surface area contributed by atoms with Crippen LogP contribution >= 0.6 is 0 Å². The third-order valence-corrected chi connectivity index (χ3v) is 6.15. The average molecular weight is 555 g/mol. The smallest absolute Gasteiger partial charge is 0.269 e. The number of aromatic nitrogens is 4. The minimum atomic E-state index is -1.08. The van der Waals surface area contributed by atoms with Crippen molar-refractivity contribution in [1.29, 1.82) is 5.26 Å². The number of benzene rings is 2. The maximum atomic E-state index is 14.0. The van der Waals surface area contributed by atoms with E-state index in [9.17, 15) is 18.8 Å². The number of halogens is 2. The highest BCUT2D eigenvalue weighted by atomic mass is 19.2. The maximum Gasteiger partial charge on any atom is 0.269 e. The Hall–Kier alpha value is -5.44. The van der Waals surface area contributed by atoms with Gasteiger partial charge >= 0.3 is 0 Å². The van der Waals surface area contributed by atoms with Crippen molar-refractivity contribution in [2.75, 3.05) is 12.3 Å². The van der Waals surface area contributed by atoms with Crippen molar-refractivity contribution in [1.82, 2.24) is 24.6 Å². The van der Waals surface area contributed by atoms with E-state index in [1.165, 1.54) is 23.4 Å². The molecule has 41 heavy (non-hydrogen) atoms. The Morgan fingerprint density at radius 1 is 1.20 bits per heavy atom. The molecule has 0 unspecified atom stereocenters. The van der Waals surface area contributed by atoms with Crippen molar-refractivity contribution >= 4 is 28.6 Å². The first-order valence-electron chi connectivity index (χ1n) is 12.6. The van der Waals surface area contributed by atoms with Gasteiger partial charge in [-0.2, -0.15) is 14.8 Å². The van der Waals surface area contributed by atoms with Crippen LogP contribution < -0.4 is 10.5 Å². The second-order valence-electron chi connectivity index (χ2n) is 9.42. The van der Waals surface area contributed by atoms with Gasteiger partial charge in [0.05, 0.1) is 5.39 Å². The van der Waals surface area contributed by atoms with Gasteiger partial charge in [-0.3, -0.25) is 9.69 Å². The van der Waals surface area contributed by atoms with E-state index in [1.807, 2.05) is 19.9 Å². The zero-order chi connectivity index (χ0) is 29.1. The lowest BCUT2D eigenvalue weighted by atomic mass is 10.1. The van der Waals surface area contributed by atoms with Gasteiger partial charge in [0, 0.05) is 18.3 Å². The number of carbonyl (C=O) groups is 1. The van der Waals surface area contributed by atoms with E-state index in [4.69, 9.17) is 15.6 Å². The zero-order valence-corrected chi connectivity index (χ0v) is 22.1. The summed E-state index contributed by atoms with van der Waals surface area (Å²) in [4.78, 5) is 27.5. The molecule has 1 aliphatic heterocycles. The summed E-state index contributed by atoms with van der Waals surface area (Å²) in [7, 11) is 0. The van der Waals surface area contributed by atoms with Crippen molar-refractivity contribution in [3.63, 3.8) is 0 Å². The fourth-order valence-electron chi connectivity index (χ4n) is 4.28. The van der Waals surface area contributed by atoms with Crippen molar-refractivity contribution < 1.29 is 18.3 Å². The number of nitriles is 1. The first-order valence-corrected chi connectivity index (χ1v) is 12.6. The molecule has 0 saturated heterocycles. The largest absolute Gasteiger partial charge is 0.454 e. The quantitative estimate of drug-likeness (QED) is 0.251. The zero-order valence-electron chi connectivity index (χ0n) is 22.1. The van der Waals surface area contributed by atoms with Gasteiger partial charge in [-0.1, -0.05) is 26.0 Å². The molecule has 1 amide bonds. The van der Waals surface area contributed by atoms with Crippen LogP contribution in [0.25, 0.3) is 22.3 Å². The van der Waals surface area contributed by atoms with Crippen molar-refractivity contribution in [3.05, 3.63) is 84.4 Å². The molecular formula is C29H24F2N8O2. The third kappa shape index (κ3) is 5.51. The number of ether oxygens (including phenoxy) is 1. The summed E-state index contributed by atoms with van der Waals surface area (Å²) in [6.45, 7) is 4.07. The Morgan fingerprint density at radius 3 is 2.71 bits per heavy atom. The molecule has 2 aromatic carbocycles. The molecule has 5 rings (SSSR count). The average Bonchev–Trinajstić information content (AvgIpc) is 3.34. The van der Waals surface area contributed by atoms with Crippen molar-refractivity contribution in [3.8, 4) is 28.8 Å². The molecule has 1 aliphatic rings. The number of rotatable bonds is 7. The molecule has 0 spiro atoms. The number of hydrogen-bond donors (Lipinski definition) is 1.